The van der Waals surface area contributed by atoms with Crippen molar-refractivity contribution in [1.82, 2.24) is 0 Å². The largest absolute Gasteiger partial charge is 0.507 e. The molecule has 0 unspecified atom stereocenters. The molecule has 2 nitrogen and oxygen atoms in total. The molecule has 1 rings (SSSR count). The minimum absolute atomic E-state index is 0.0966. The summed E-state index contributed by atoms with van der Waals surface area (Å²) in [4.78, 5) is 0. The molecule has 21 heavy (non-hydrogen) atoms. The number of phenolic OH excluding ortho intramolecular Hbond substituents is 2. The molecule has 120 valence electrons. The number of hydrogen-bond donors (Lipinski definition) is 2. The molecule has 1 aromatic rings. The minimum Gasteiger partial charge on any atom is -0.507 e. The van der Waals surface area contributed by atoms with Gasteiger partial charge in [0.2, 0.25) is 0 Å². The zero-order valence-corrected chi connectivity index (χ0v) is 14.8. The summed E-state index contributed by atoms with van der Waals surface area (Å²) in [6, 6.07) is 3.44. The molecule has 2 N–H and O–H groups in total. The molecule has 0 spiro atoms. The lowest BCUT2D eigenvalue weighted by Gasteiger charge is -2.07. The Balaban J connectivity index is 2.06. The summed E-state index contributed by atoms with van der Waals surface area (Å²) in [7, 11) is 0. The molecule has 0 heterocycles. The summed E-state index contributed by atoms with van der Waals surface area (Å²) in [5, 5.41) is 19.4. The SMILES string of the molecule is CCCCCCCCCCCCc1ccc(O)c(Br)c1O. The molecule has 0 fully saturated rings. The van der Waals surface area contributed by atoms with E-state index in [1.807, 2.05) is 6.07 Å². The van der Waals surface area contributed by atoms with Crippen molar-refractivity contribution in [2.45, 2.75) is 77.6 Å². The Hall–Kier alpha value is -0.700. The number of aromatic hydroxyl groups is 2. The maximum absolute atomic E-state index is 9.92. The van der Waals surface area contributed by atoms with E-state index < -0.39 is 0 Å². The standard InChI is InChI=1S/C18H29BrO2/c1-2-3-4-5-6-7-8-9-10-11-12-15-13-14-16(20)17(19)18(15)21/h13-14,20-21H,2-12H2,1H3. The van der Waals surface area contributed by atoms with Gasteiger partial charge in [0.25, 0.3) is 0 Å². The second kappa shape index (κ2) is 10.9. The Morgan fingerprint density at radius 2 is 1.33 bits per heavy atom. The van der Waals surface area contributed by atoms with E-state index in [0.717, 1.165) is 18.4 Å². The summed E-state index contributed by atoms with van der Waals surface area (Å²) in [6.45, 7) is 2.25. The van der Waals surface area contributed by atoms with E-state index in [1.165, 1.54) is 57.8 Å². The average molecular weight is 357 g/mol. The van der Waals surface area contributed by atoms with Crippen LogP contribution in [0.1, 0.15) is 76.7 Å². The van der Waals surface area contributed by atoms with Crippen molar-refractivity contribution in [3.8, 4) is 11.5 Å². The van der Waals surface area contributed by atoms with Gasteiger partial charge in [0.05, 0.1) is 0 Å². The molecule has 0 amide bonds. The number of aryl methyl sites for hydroxylation is 1. The predicted molar refractivity (Wildman–Crippen MR) is 93.0 cm³/mol. The van der Waals surface area contributed by atoms with Crippen LogP contribution in [0, 0.1) is 0 Å². The van der Waals surface area contributed by atoms with Crippen molar-refractivity contribution in [2.75, 3.05) is 0 Å². The summed E-state index contributed by atoms with van der Waals surface area (Å²) < 4.78 is 0.409. The predicted octanol–water partition coefficient (Wildman–Crippen LogP) is 6.32. The van der Waals surface area contributed by atoms with Gasteiger partial charge in [-0.3, -0.25) is 0 Å². The van der Waals surface area contributed by atoms with Crippen LogP contribution in [0.25, 0.3) is 0 Å². The smallest absolute Gasteiger partial charge is 0.136 e. The van der Waals surface area contributed by atoms with Crippen LogP contribution in [0.3, 0.4) is 0 Å². The van der Waals surface area contributed by atoms with Gasteiger partial charge in [-0.25, -0.2) is 0 Å². The van der Waals surface area contributed by atoms with Gasteiger partial charge in [0.1, 0.15) is 16.0 Å². The van der Waals surface area contributed by atoms with Gasteiger partial charge in [-0.15, -0.1) is 0 Å². The first-order chi connectivity index (χ1) is 10.2. The van der Waals surface area contributed by atoms with Crippen LogP contribution in [0.15, 0.2) is 16.6 Å². The maximum Gasteiger partial charge on any atom is 0.136 e. The van der Waals surface area contributed by atoms with Gasteiger partial charge in [-0.05, 0) is 40.4 Å². The molecule has 0 aliphatic heterocycles. The van der Waals surface area contributed by atoms with E-state index in [2.05, 4.69) is 22.9 Å². The molecule has 0 saturated carbocycles. The number of phenols is 2. The summed E-state index contributed by atoms with van der Waals surface area (Å²) in [6.07, 6.45) is 14.0. The molecule has 0 radical (unpaired) electrons. The van der Waals surface area contributed by atoms with Gasteiger partial charge < -0.3 is 10.2 Å². The molecule has 0 aliphatic rings. The van der Waals surface area contributed by atoms with Crippen molar-refractivity contribution >= 4 is 15.9 Å². The fourth-order valence-corrected chi connectivity index (χ4v) is 2.99. The highest BCUT2D eigenvalue weighted by molar-refractivity contribution is 9.10. The van der Waals surface area contributed by atoms with Crippen LogP contribution in [-0.2, 0) is 6.42 Å². The first kappa shape index (κ1) is 18.3. The zero-order valence-electron chi connectivity index (χ0n) is 13.2. The van der Waals surface area contributed by atoms with Crippen molar-refractivity contribution in [3.63, 3.8) is 0 Å². The van der Waals surface area contributed by atoms with Gasteiger partial charge in [-0.2, -0.15) is 0 Å². The Bertz CT molecular complexity index is 404. The van der Waals surface area contributed by atoms with Crippen molar-refractivity contribution in [1.29, 1.82) is 0 Å². The first-order valence-electron chi connectivity index (χ1n) is 8.36. The Kier molecular flexibility index (Phi) is 9.56. The Morgan fingerprint density at radius 3 is 1.90 bits per heavy atom. The lowest BCUT2D eigenvalue weighted by Crippen LogP contribution is -1.88. The normalized spacial score (nSPS) is 11.0. The van der Waals surface area contributed by atoms with Crippen LogP contribution in [0.2, 0.25) is 0 Å². The van der Waals surface area contributed by atoms with Crippen molar-refractivity contribution in [2.24, 2.45) is 0 Å². The van der Waals surface area contributed by atoms with Crippen molar-refractivity contribution in [3.05, 3.63) is 22.2 Å². The van der Waals surface area contributed by atoms with E-state index in [9.17, 15) is 10.2 Å². The van der Waals surface area contributed by atoms with Gasteiger partial charge in [0.15, 0.2) is 0 Å². The van der Waals surface area contributed by atoms with Crippen LogP contribution in [-0.4, -0.2) is 10.2 Å². The number of halogens is 1. The Labute approximate surface area is 137 Å². The fraction of sp³-hybridized carbons (Fsp3) is 0.667. The quantitative estimate of drug-likeness (QED) is 0.455. The van der Waals surface area contributed by atoms with Crippen LogP contribution in [0.5, 0.6) is 11.5 Å². The summed E-state index contributed by atoms with van der Waals surface area (Å²) >= 11 is 3.20. The summed E-state index contributed by atoms with van der Waals surface area (Å²) in [5.74, 6) is 0.283. The van der Waals surface area contributed by atoms with E-state index >= 15 is 0 Å². The highest BCUT2D eigenvalue weighted by Gasteiger charge is 2.09. The third-order valence-electron chi connectivity index (χ3n) is 3.98. The zero-order chi connectivity index (χ0) is 15.5. The maximum atomic E-state index is 9.92. The van der Waals surface area contributed by atoms with E-state index in [-0.39, 0.29) is 11.5 Å². The molecule has 0 saturated heterocycles. The monoisotopic (exact) mass is 356 g/mol. The highest BCUT2D eigenvalue weighted by Crippen LogP contribution is 2.36. The molecular formula is C18H29BrO2. The number of hydrogen-bond acceptors (Lipinski definition) is 2. The van der Waals surface area contributed by atoms with E-state index in [4.69, 9.17) is 0 Å². The van der Waals surface area contributed by atoms with Crippen LogP contribution < -0.4 is 0 Å². The lowest BCUT2D eigenvalue weighted by atomic mass is 10.0. The van der Waals surface area contributed by atoms with E-state index in [1.54, 1.807) is 6.07 Å². The van der Waals surface area contributed by atoms with Gasteiger partial charge in [0, 0.05) is 0 Å². The molecule has 0 bridgehead atoms. The third kappa shape index (κ3) is 7.21. The molecule has 0 aliphatic carbocycles. The molecule has 3 heteroatoms. The first-order valence-corrected chi connectivity index (χ1v) is 9.15. The summed E-state index contributed by atoms with van der Waals surface area (Å²) in [5.41, 5.74) is 0.916. The minimum atomic E-state index is 0.0966. The molecular weight excluding hydrogens is 328 g/mol. The Morgan fingerprint density at radius 1 is 0.810 bits per heavy atom. The number of rotatable bonds is 11. The second-order valence-electron chi connectivity index (χ2n) is 5.84. The highest BCUT2D eigenvalue weighted by atomic mass is 79.9. The fourth-order valence-electron chi connectivity index (χ4n) is 2.60. The third-order valence-corrected chi connectivity index (χ3v) is 4.76. The van der Waals surface area contributed by atoms with E-state index in [0.29, 0.717) is 4.47 Å². The van der Waals surface area contributed by atoms with Gasteiger partial charge >= 0.3 is 0 Å². The van der Waals surface area contributed by atoms with Crippen molar-refractivity contribution < 1.29 is 10.2 Å². The molecule has 1 aromatic carbocycles. The van der Waals surface area contributed by atoms with Gasteiger partial charge in [-0.1, -0.05) is 70.8 Å². The van der Waals surface area contributed by atoms with Crippen LogP contribution >= 0.6 is 15.9 Å². The second-order valence-corrected chi connectivity index (χ2v) is 6.63. The average Bonchev–Trinajstić information content (AvgIpc) is 2.49. The number of unbranched alkanes of at least 4 members (excludes halogenated alkanes) is 9. The lowest BCUT2D eigenvalue weighted by molar-refractivity contribution is 0.438. The van der Waals surface area contributed by atoms with Crippen LogP contribution in [0.4, 0.5) is 0 Å². The molecule has 0 atom stereocenters. The molecule has 0 aromatic heterocycles. The number of benzene rings is 1. The topological polar surface area (TPSA) is 40.5 Å².